The second-order valence-electron chi connectivity index (χ2n) is 7.50. The van der Waals surface area contributed by atoms with Crippen LogP contribution >= 0.6 is 0 Å². The van der Waals surface area contributed by atoms with Gasteiger partial charge in [-0.1, -0.05) is 24.3 Å². The summed E-state index contributed by atoms with van der Waals surface area (Å²) < 4.78 is 0.963. The lowest BCUT2D eigenvalue weighted by molar-refractivity contribution is -0.956. The van der Waals surface area contributed by atoms with Crippen molar-refractivity contribution in [1.82, 2.24) is 4.98 Å². The minimum atomic E-state index is -0.429. The van der Waals surface area contributed by atoms with E-state index in [1.807, 2.05) is 30.5 Å². The minimum Gasteiger partial charge on any atom is -1.00 e. The monoisotopic (exact) mass is 436 g/mol. The number of para-hydroxylation sites is 1. The number of aromatic nitrogens is 1. The van der Waals surface area contributed by atoms with Gasteiger partial charge in [-0.25, -0.2) is 0 Å². The maximum atomic E-state index is 11.2. The summed E-state index contributed by atoms with van der Waals surface area (Å²) in [4.78, 5) is 4.43. The van der Waals surface area contributed by atoms with Crippen molar-refractivity contribution in [3.8, 4) is 0 Å². The fourth-order valence-corrected chi connectivity index (χ4v) is 4.88. The summed E-state index contributed by atoms with van der Waals surface area (Å²) >= 11 is 0. The molecule has 2 aromatic rings. The molecule has 2 bridgehead atoms. The summed E-state index contributed by atoms with van der Waals surface area (Å²) in [5, 5.41) is 12.3. The highest BCUT2D eigenvalue weighted by Gasteiger charge is 2.51. The molecule has 3 unspecified atom stereocenters. The maximum Gasteiger partial charge on any atom is 0.131 e. The molecule has 1 aromatic heterocycles. The summed E-state index contributed by atoms with van der Waals surface area (Å²) in [5.41, 5.74) is 1.99. The molecule has 3 fully saturated rings. The van der Waals surface area contributed by atoms with Gasteiger partial charge in [-0.3, -0.25) is 4.98 Å². The number of quaternary nitrogens is 1. The lowest BCUT2D eigenvalue weighted by Crippen LogP contribution is -3.00. The van der Waals surface area contributed by atoms with E-state index in [-0.39, 0.29) is 30.0 Å². The number of fused-ring (bicyclic) bond motifs is 4. The molecule has 0 radical (unpaired) electrons. The van der Waals surface area contributed by atoms with Crippen LogP contribution in [0.1, 0.15) is 24.5 Å². The van der Waals surface area contributed by atoms with Crippen LogP contribution in [0.5, 0.6) is 0 Å². The average molecular weight is 436 g/mol. The lowest BCUT2D eigenvalue weighted by atomic mass is 9.72. The van der Waals surface area contributed by atoms with E-state index in [0.717, 1.165) is 33.9 Å². The fraction of sp³-hybridized carbons (Fsp3) is 0.450. The van der Waals surface area contributed by atoms with Crippen molar-refractivity contribution in [1.29, 1.82) is 0 Å². The number of rotatable bonds is 3. The molecule has 1 aromatic carbocycles. The molecule has 5 atom stereocenters. The van der Waals surface area contributed by atoms with Crippen molar-refractivity contribution in [3.05, 3.63) is 54.7 Å². The molecule has 3 aliphatic heterocycles. The summed E-state index contributed by atoms with van der Waals surface area (Å²) in [5.74, 6) is 1.28. The molecular formula is C20H25IN2O. The Kier molecular flexibility index (Phi) is 5.00. The molecular weight excluding hydrogens is 411 g/mol. The number of piperidine rings is 3. The third-order valence-electron chi connectivity index (χ3n) is 6.26. The zero-order valence-electron chi connectivity index (χ0n) is 14.1. The summed E-state index contributed by atoms with van der Waals surface area (Å²) in [6.45, 7) is 6.30. The average Bonchev–Trinajstić information content (AvgIpc) is 2.60. The molecule has 3 saturated heterocycles. The number of pyridine rings is 1. The standard InChI is InChI=1S/C20H25N2O.HI/c1-3-14-13-22(2)11-9-15(14)12-19(22)20(23)17-8-10-21-18-7-5-4-6-16(17)18;/h3-8,10,14-15,19-20,23H,1,9,11-13H2,2H3;1H/q+1;/p-1/t14?,15?,19-,20+,22?;/m1./s1. The highest BCUT2D eigenvalue weighted by Crippen LogP contribution is 2.45. The Morgan fingerprint density at radius 2 is 2.12 bits per heavy atom. The molecule has 0 aliphatic carbocycles. The number of hydrogen-bond acceptors (Lipinski definition) is 2. The topological polar surface area (TPSA) is 33.1 Å². The quantitative estimate of drug-likeness (QED) is 0.427. The van der Waals surface area contributed by atoms with Gasteiger partial charge in [-0.15, -0.1) is 6.58 Å². The van der Waals surface area contributed by atoms with Crippen LogP contribution in [0, 0.1) is 11.8 Å². The second-order valence-corrected chi connectivity index (χ2v) is 7.50. The Morgan fingerprint density at radius 3 is 2.88 bits per heavy atom. The molecule has 4 heteroatoms. The summed E-state index contributed by atoms with van der Waals surface area (Å²) in [7, 11) is 2.31. The first-order valence-electron chi connectivity index (χ1n) is 8.61. The van der Waals surface area contributed by atoms with E-state index in [9.17, 15) is 5.11 Å². The second kappa shape index (κ2) is 6.73. The maximum absolute atomic E-state index is 11.2. The van der Waals surface area contributed by atoms with E-state index < -0.39 is 6.10 Å². The SMILES string of the molecule is C=CC1C[N+]2(C)CCC1C[C@@H]2[C@@H](O)c1ccnc2ccccc12.[I-]. The first-order chi connectivity index (χ1) is 11.1. The van der Waals surface area contributed by atoms with E-state index in [0.29, 0.717) is 11.8 Å². The summed E-state index contributed by atoms with van der Waals surface area (Å²) in [6, 6.07) is 10.4. The van der Waals surface area contributed by atoms with Gasteiger partial charge in [0.15, 0.2) is 0 Å². The zero-order valence-corrected chi connectivity index (χ0v) is 16.3. The number of hydrogen-bond donors (Lipinski definition) is 1. The van der Waals surface area contributed by atoms with E-state index in [4.69, 9.17) is 0 Å². The van der Waals surface area contributed by atoms with Crippen LogP contribution in [0.25, 0.3) is 10.9 Å². The van der Waals surface area contributed by atoms with Gasteiger partial charge in [0.05, 0.1) is 25.7 Å². The Bertz CT molecular complexity index is 744. The fourth-order valence-electron chi connectivity index (χ4n) is 4.88. The van der Waals surface area contributed by atoms with Gasteiger partial charge < -0.3 is 33.6 Å². The molecule has 1 N–H and O–H groups in total. The third-order valence-corrected chi connectivity index (χ3v) is 6.26. The molecule has 24 heavy (non-hydrogen) atoms. The van der Waals surface area contributed by atoms with E-state index in [1.165, 1.54) is 13.0 Å². The molecule has 3 aliphatic rings. The largest absolute Gasteiger partial charge is 1.00 e. The van der Waals surface area contributed by atoms with Crippen molar-refractivity contribution in [3.63, 3.8) is 0 Å². The van der Waals surface area contributed by atoms with Crippen molar-refractivity contribution in [2.45, 2.75) is 25.0 Å². The molecule has 3 nitrogen and oxygen atoms in total. The van der Waals surface area contributed by atoms with E-state index in [2.05, 4.69) is 30.8 Å². The van der Waals surface area contributed by atoms with Gasteiger partial charge >= 0.3 is 0 Å². The van der Waals surface area contributed by atoms with Gasteiger partial charge in [0, 0.05) is 30.3 Å². The predicted octanol–water partition coefficient (Wildman–Crippen LogP) is 0.313. The molecule has 0 amide bonds. The van der Waals surface area contributed by atoms with Crippen LogP contribution in [0.2, 0.25) is 0 Å². The zero-order chi connectivity index (χ0) is 16.0. The van der Waals surface area contributed by atoms with Gasteiger partial charge in [0.25, 0.3) is 0 Å². The minimum absolute atomic E-state index is 0. The number of nitrogens with zero attached hydrogens (tertiary/aromatic N) is 2. The van der Waals surface area contributed by atoms with Crippen LogP contribution in [-0.4, -0.2) is 40.8 Å². The highest BCUT2D eigenvalue weighted by molar-refractivity contribution is 5.82. The van der Waals surface area contributed by atoms with Crippen LogP contribution in [0.4, 0.5) is 0 Å². The highest BCUT2D eigenvalue weighted by atomic mass is 127. The lowest BCUT2D eigenvalue weighted by Gasteiger charge is -2.56. The van der Waals surface area contributed by atoms with Gasteiger partial charge in [-0.2, -0.15) is 0 Å². The Morgan fingerprint density at radius 1 is 1.33 bits per heavy atom. The molecule has 4 heterocycles. The smallest absolute Gasteiger partial charge is 0.131 e. The number of likely N-dealkylation sites (N-methyl/N-ethyl adjacent to an activating group) is 1. The Balaban J connectivity index is 0.00000169. The van der Waals surface area contributed by atoms with Crippen LogP contribution in [0.15, 0.2) is 49.2 Å². The first kappa shape index (κ1) is 17.8. The van der Waals surface area contributed by atoms with Gasteiger partial charge in [-0.05, 0) is 23.6 Å². The first-order valence-corrected chi connectivity index (χ1v) is 8.61. The van der Waals surface area contributed by atoms with Crippen molar-refractivity contribution in [2.24, 2.45) is 11.8 Å². The van der Waals surface area contributed by atoms with Crippen molar-refractivity contribution < 1.29 is 33.6 Å². The molecule has 5 rings (SSSR count). The van der Waals surface area contributed by atoms with Gasteiger partial charge in [0.1, 0.15) is 12.1 Å². The number of halogens is 1. The van der Waals surface area contributed by atoms with Crippen molar-refractivity contribution >= 4 is 10.9 Å². The third kappa shape index (κ3) is 2.78. The van der Waals surface area contributed by atoms with Crippen LogP contribution in [-0.2, 0) is 0 Å². The Hall–Kier alpha value is -0.980. The molecule has 128 valence electrons. The molecule has 0 spiro atoms. The van der Waals surface area contributed by atoms with Gasteiger partial charge in [0.2, 0.25) is 0 Å². The molecule has 0 saturated carbocycles. The van der Waals surface area contributed by atoms with Crippen molar-refractivity contribution in [2.75, 3.05) is 20.1 Å². The van der Waals surface area contributed by atoms with E-state index >= 15 is 0 Å². The van der Waals surface area contributed by atoms with Crippen LogP contribution in [0.3, 0.4) is 0 Å². The number of aliphatic hydroxyl groups is 1. The number of benzene rings is 1. The number of aliphatic hydroxyl groups excluding tert-OH is 1. The predicted molar refractivity (Wildman–Crippen MR) is 92.8 cm³/mol. The summed E-state index contributed by atoms with van der Waals surface area (Å²) in [6.07, 6.45) is 5.87. The Labute approximate surface area is 161 Å². The van der Waals surface area contributed by atoms with E-state index in [1.54, 1.807) is 0 Å². The normalized spacial score (nSPS) is 33.0. The van der Waals surface area contributed by atoms with Crippen LogP contribution < -0.4 is 24.0 Å².